The molecule has 0 aliphatic rings. The molecule has 3 aromatic rings. The number of hydrogen-bond donors (Lipinski definition) is 2. The van der Waals surface area contributed by atoms with Crippen LogP contribution in [-0.2, 0) is 0 Å². The second kappa shape index (κ2) is 7.71. The Morgan fingerprint density at radius 2 is 1.93 bits per heavy atom. The first-order valence-corrected chi connectivity index (χ1v) is 7.98. The Morgan fingerprint density at radius 1 is 1.19 bits per heavy atom. The van der Waals surface area contributed by atoms with E-state index in [0.717, 1.165) is 0 Å². The molecule has 0 bridgehead atoms. The van der Waals surface area contributed by atoms with Crippen molar-refractivity contribution < 1.29 is 19.2 Å². The number of nitro groups is 1. The van der Waals surface area contributed by atoms with E-state index in [4.69, 9.17) is 21.1 Å². The molecule has 8 nitrogen and oxygen atoms in total. The minimum absolute atomic E-state index is 0.0000122. The minimum Gasteiger partial charge on any atom is -0.478 e. The maximum Gasteiger partial charge on any atom is 0.337 e. The van der Waals surface area contributed by atoms with E-state index in [2.05, 4.69) is 10.5 Å². The smallest absolute Gasteiger partial charge is 0.337 e. The van der Waals surface area contributed by atoms with Crippen LogP contribution in [0.1, 0.15) is 16.1 Å². The zero-order valence-corrected chi connectivity index (χ0v) is 14.4. The molecule has 1 heterocycles. The number of nitro benzene ring substituents is 1. The maximum atomic E-state index is 11.1. The molecular formula is C18H12ClN3O5. The van der Waals surface area contributed by atoms with Crippen LogP contribution in [0.2, 0.25) is 5.02 Å². The topological polar surface area (TPSA) is 118 Å². The van der Waals surface area contributed by atoms with Crippen molar-refractivity contribution in [2.24, 2.45) is 5.10 Å². The molecule has 0 aliphatic carbocycles. The predicted molar refractivity (Wildman–Crippen MR) is 100 cm³/mol. The number of furan rings is 1. The van der Waals surface area contributed by atoms with Crippen molar-refractivity contribution >= 4 is 35.2 Å². The molecule has 0 aliphatic heterocycles. The molecule has 9 heteroatoms. The van der Waals surface area contributed by atoms with Crippen molar-refractivity contribution in [1.82, 2.24) is 0 Å². The largest absolute Gasteiger partial charge is 0.478 e. The summed E-state index contributed by atoms with van der Waals surface area (Å²) in [6, 6.07) is 13.8. The van der Waals surface area contributed by atoms with Gasteiger partial charge in [-0.1, -0.05) is 11.6 Å². The van der Waals surface area contributed by atoms with Crippen molar-refractivity contribution in [3.8, 4) is 11.3 Å². The van der Waals surface area contributed by atoms with E-state index in [9.17, 15) is 14.9 Å². The zero-order valence-electron chi connectivity index (χ0n) is 13.6. The fraction of sp³-hybridized carbons (Fsp3) is 0. The number of carboxylic acids is 1. The average molecular weight is 386 g/mol. The molecule has 0 spiro atoms. The third-order valence-electron chi connectivity index (χ3n) is 3.57. The highest BCUT2D eigenvalue weighted by atomic mass is 35.5. The number of aromatic carboxylic acids is 1. The number of rotatable bonds is 6. The van der Waals surface area contributed by atoms with E-state index in [1.807, 2.05) is 0 Å². The average Bonchev–Trinajstić information content (AvgIpc) is 3.12. The SMILES string of the molecule is O=C(O)c1cc(N/N=C/c2ccc(-c3ccc([N+](=O)[O-])cc3)o2)ccc1Cl. The van der Waals surface area contributed by atoms with Crippen LogP contribution < -0.4 is 5.43 Å². The Labute approximate surface area is 157 Å². The summed E-state index contributed by atoms with van der Waals surface area (Å²) in [7, 11) is 0. The molecule has 0 unspecified atom stereocenters. The second-order valence-electron chi connectivity index (χ2n) is 5.38. The third-order valence-corrected chi connectivity index (χ3v) is 3.90. The summed E-state index contributed by atoms with van der Waals surface area (Å²) in [6.45, 7) is 0. The van der Waals surface area contributed by atoms with Gasteiger partial charge in [0.15, 0.2) is 0 Å². The van der Waals surface area contributed by atoms with Gasteiger partial charge >= 0.3 is 5.97 Å². The fourth-order valence-corrected chi connectivity index (χ4v) is 2.45. The van der Waals surface area contributed by atoms with Crippen LogP contribution in [0.4, 0.5) is 11.4 Å². The summed E-state index contributed by atoms with van der Waals surface area (Å²) in [4.78, 5) is 21.3. The van der Waals surface area contributed by atoms with Crippen LogP contribution in [0.3, 0.4) is 0 Å². The Hall–Kier alpha value is -3.65. The van der Waals surface area contributed by atoms with Crippen molar-refractivity contribution in [1.29, 1.82) is 0 Å². The second-order valence-corrected chi connectivity index (χ2v) is 5.78. The van der Waals surface area contributed by atoms with Gasteiger partial charge < -0.3 is 9.52 Å². The zero-order chi connectivity index (χ0) is 19.4. The van der Waals surface area contributed by atoms with Gasteiger partial charge in [0.25, 0.3) is 5.69 Å². The van der Waals surface area contributed by atoms with Crippen LogP contribution in [0.15, 0.2) is 64.1 Å². The molecule has 0 saturated heterocycles. The van der Waals surface area contributed by atoms with Gasteiger partial charge in [-0.15, -0.1) is 0 Å². The quantitative estimate of drug-likeness (QED) is 0.362. The molecule has 2 aromatic carbocycles. The fourth-order valence-electron chi connectivity index (χ4n) is 2.25. The molecule has 136 valence electrons. The Morgan fingerprint density at radius 3 is 2.59 bits per heavy atom. The van der Waals surface area contributed by atoms with E-state index >= 15 is 0 Å². The van der Waals surface area contributed by atoms with Crippen LogP contribution in [0.25, 0.3) is 11.3 Å². The van der Waals surface area contributed by atoms with E-state index in [0.29, 0.717) is 22.8 Å². The maximum absolute atomic E-state index is 11.1. The first kappa shape index (κ1) is 18.2. The normalized spacial score (nSPS) is 10.9. The summed E-state index contributed by atoms with van der Waals surface area (Å²) < 4.78 is 5.61. The van der Waals surface area contributed by atoms with Gasteiger partial charge in [-0.3, -0.25) is 15.5 Å². The number of hydrazone groups is 1. The highest BCUT2D eigenvalue weighted by Crippen LogP contribution is 2.24. The Balaban J connectivity index is 1.69. The molecule has 3 rings (SSSR count). The predicted octanol–water partition coefficient (Wildman–Crippen LogP) is 4.65. The molecule has 0 atom stereocenters. The Kier molecular flexibility index (Phi) is 5.18. The third kappa shape index (κ3) is 4.31. The lowest BCUT2D eigenvalue weighted by molar-refractivity contribution is -0.384. The van der Waals surface area contributed by atoms with Crippen LogP contribution >= 0.6 is 11.6 Å². The van der Waals surface area contributed by atoms with Crippen molar-refractivity contribution in [2.45, 2.75) is 0 Å². The van der Waals surface area contributed by atoms with Gasteiger partial charge in [0.05, 0.1) is 27.4 Å². The highest BCUT2D eigenvalue weighted by Gasteiger charge is 2.09. The minimum atomic E-state index is -1.13. The van der Waals surface area contributed by atoms with Crippen molar-refractivity contribution in [3.05, 3.63) is 81.1 Å². The molecular weight excluding hydrogens is 374 g/mol. The monoisotopic (exact) mass is 385 g/mol. The van der Waals surface area contributed by atoms with Crippen molar-refractivity contribution in [2.75, 3.05) is 5.43 Å². The molecule has 0 radical (unpaired) electrons. The number of carboxylic acid groups (broad SMARTS) is 1. The Bertz CT molecular complexity index is 1030. The van der Waals surface area contributed by atoms with Gasteiger partial charge in [0, 0.05) is 17.7 Å². The summed E-state index contributed by atoms with van der Waals surface area (Å²) >= 11 is 5.81. The van der Waals surface area contributed by atoms with E-state index in [1.54, 1.807) is 30.3 Å². The van der Waals surface area contributed by atoms with Crippen LogP contribution in [-0.4, -0.2) is 22.2 Å². The van der Waals surface area contributed by atoms with E-state index in [1.165, 1.54) is 30.5 Å². The molecule has 2 N–H and O–H groups in total. The lowest BCUT2D eigenvalue weighted by Crippen LogP contribution is -1.99. The summed E-state index contributed by atoms with van der Waals surface area (Å²) in [5.74, 6) is -0.152. The number of non-ortho nitro benzene ring substituents is 1. The molecule has 27 heavy (non-hydrogen) atoms. The number of carbonyl (C=O) groups is 1. The molecule has 1 aromatic heterocycles. The van der Waals surface area contributed by atoms with Gasteiger partial charge in [-0.25, -0.2) is 4.79 Å². The first-order chi connectivity index (χ1) is 12.9. The molecule has 0 saturated carbocycles. The van der Waals surface area contributed by atoms with Crippen LogP contribution in [0, 0.1) is 10.1 Å². The molecule has 0 amide bonds. The van der Waals surface area contributed by atoms with Gasteiger partial charge in [0.2, 0.25) is 0 Å². The number of benzene rings is 2. The van der Waals surface area contributed by atoms with E-state index < -0.39 is 10.9 Å². The summed E-state index contributed by atoms with van der Waals surface area (Å²) in [6.07, 6.45) is 1.42. The van der Waals surface area contributed by atoms with Gasteiger partial charge in [-0.05, 0) is 42.5 Å². The highest BCUT2D eigenvalue weighted by molar-refractivity contribution is 6.33. The molecule has 0 fully saturated rings. The number of nitrogens with zero attached hydrogens (tertiary/aromatic N) is 2. The van der Waals surface area contributed by atoms with Gasteiger partial charge in [-0.2, -0.15) is 5.10 Å². The van der Waals surface area contributed by atoms with Gasteiger partial charge in [0.1, 0.15) is 11.5 Å². The van der Waals surface area contributed by atoms with E-state index in [-0.39, 0.29) is 16.3 Å². The standard InChI is InChI=1S/C18H12ClN3O5/c19-16-7-3-12(9-15(16)18(23)24)21-20-10-14-6-8-17(27-14)11-1-4-13(5-2-11)22(25)26/h1-10,21H,(H,23,24)/b20-10+. The lowest BCUT2D eigenvalue weighted by atomic mass is 10.1. The summed E-state index contributed by atoms with van der Waals surface area (Å²) in [5, 5.41) is 23.9. The number of hydrogen-bond acceptors (Lipinski definition) is 6. The number of halogens is 1. The first-order valence-electron chi connectivity index (χ1n) is 7.60. The van der Waals surface area contributed by atoms with Crippen molar-refractivity contribution in [3.63, 3.8) is 0 Å². The number of anilines is 1. The summed E-state index contributed by atoms with van der Waals surface area (Å²) in [5.41, 5.74) is 3.81. The van der Waals surface area contributed by atoms with Crippen LogP contribution in [0.5, 0.6) is 0 Å². The number of nitrogens with one attached hydrogen (secondary N) is 1. The lowest BCUT2D eigenvalue weighted by Gasteiger charge is -2.03.